The average Bonchev–Trinajstić information content (AvgIpc) is 1.77. The first-order valence-corrected chi connectivity index (χ1v) is 60.7. The van der Waals surface area contributed by atoms with Gasteiger partial charge in [-0.1, -0.05) is 399 Å². The van der Waals surface area contributed by atoms with E-state index in [-0.39, 0.29) is 0 Å². The molecule has 27 heteroatoms. The Morgan fingerprint density at radius 3 is 0.765 bits per heavy atom. The third-order valence-electron chi connectivity index (χ3n) is 26.0. The van der Waals surface area contributed by atoms with Crippen LogP contribution in [0.25, 0.3) is 0 Å². The quantitative estimate of drug-likeness (QED) is 0.0320. The van der Waals surface area contributed by atoms with Gasteiger partial charge in [0.2, 0.25) is 0 Å². The van der Waals surface area contributed by atoms with Gasteiger partial charge in [0, 0.05) is 83.7 Å². The van der Waals surface area contributed by atoms with Gasteiger partial charge in [-0.2, -0.15) is 0 Å². The van der Waals surface area contributed by atoms with Gasteiger partial charge in [0.15, 0.2) is 0 Å². The van der Waals surface area contributed by atoms with Gasteiger partial charge in [-0.15, -0.1) is 45.9 Å². The lowest BCUT2D eigenvalue weighted by Gasteiger charge is -2.08. The normalized spacial score (nSPS) is 11.6. The van der Waals surface area contributed by atoms with Crippen molar-refractivity contribution in [3.05, 3.63) is 107 Å². The van der Waals surface area contributed by atoms with Gasteiger partial charge in [0.05, 0.1) is 82.2 Å². The molecule has 0 amide bonds. The summed E-state index contributed by atoms with van der Waals surface area (Å²) >= 11 is 0. The van der Waals surface area contributed by atoms with E-state index in [2.05, 4.69) is 390 Å². The molecule has 0 atom stereocenters. The molecular weight excluding hydrogens is 1840 g/mol. The largest absolute Gasteiger partial charge is 0.252 e. The number of rotatable bonds is 68. The molecule has 0 spiro atoms. The molecule has 0 saturated heterocycles. The Balaban J connectivity index is 0.000000838. The lowest BCUT2D eigenvalue weighted by atomic mass is 10.0. The minimum Gasteiger partial charge on any atom is -0.252 e. The highest BCUT2D eigenvalue weighted by Crippen LogP contribution is 2.21. The van der Waals surface area contributed by atoms with Crippen LogP contribution in [-0.2, 0) is 117 Å². The van der Waals surface area contributed by atoms with E-state index in [0.29, 0.717) is 17.8 Å². The fraction of sp³-hybridized carbons (Fsp3) is 0.852. The topological polar surface area (TPSA) is 276 Å². The minimum atomic E-state index is 0.635. The van der Waals surface area contributed by atoms with Crippen molar-refractivity contribution in [3.63, 3.8) is 0 Å². The smallest absolute Gasteiger partial charge is 0.0829 e. The highest BCUT2D eigenvalue weighted by Gasteiger charge is 2.15. The highest BCUT2D eigenvalue weighted by molar-refractivity contribution is 5.00. The lowest BCUT2D eigenvalue weighted by Crippen LogP contribution is -2.08. The monoisotopic (exact) mass is 2080 g/mol. The summed E-state index contributed by atoms with van der Waals surface area (Å²) in [5, 5.41) is 74.4. The Labute approximate surface area is 914 Å². The molecule has 0 fully saturated rings. The molecule has 9 aromatic rings. The van der Waals surface area contributed by atoms with E-state index >= 15 is 0 Å². The van der Waals surface area contributed by atoms with Gasteiger partial charge in [-0.3, -0.25) is 18.7 Å². The molecule has 27 nitrogen and oxygen atoms in total. The first kappa shape index (κ1) is 139. The van der Waals surface area contributed by atoms with Crippen molar-refractivity contribution < 1.29 is 0 Å². The summed E-state index contributed by atoms with van der Waals surface area (Å²) in [6.45, 7) is 90.4. The van der Waals surface area contributed by atoms with Crippen molar-refractivity contribution in [1.82, 2.24) is 135 Å². The molecule has 0 aliphatic rings. The number of nitrogens with zero attached hydrogens (tertiary/aromatic N) is 27. The predicted octanol–water partition coefficient (Wildman–Crippen LogP) is 31.7. The molecule has 0 radical (unpaired) electrons. The van der Waals surface area contributed by atoms with E-state index in [1.807, 2.05) is 49.7 Å². The predicted molar refractivity (Wildman–Crippen MR) is 628 cm³/mol. The Morgan fingerprint density at radius 2 is 0.403 bits per heavy atom. The molecule has 0 unspecified atom stereocenters. The second-order valence-corrected chi connectivity index (χ2v) is 50.7. The van der Waals surface area contributed by atoms with Crippen LogP contribution in [0.4, 0.5) is 0 Å². The van der Waals surface area contributed by atoms with Crippen LogP contribution in [0.1, 0.15) is 506 Å². The molecular formula is C122H235N27. The number of aryl methyl sites for hydroxylation is 15. The molecule has 9 rings (SSSR count). The zero-order valence-electron chi connectivity index (χ0n) is 104. The fourth-order valence-corrected chi connectivity index (χ4v) is 16.6. The van der Waals surface area contributed by atoms with E-state index in [1.165, 1.54) is 234 Å². The van der Waals surface area contributed by atoms with Crippen molar-refractivity contribution >= 4 is 0 Å². The maximum Gasteiger partial charge on any atom is 0.0829 e. The van der Waals surface area contributed by atoms with Crippen molar-refractivity contribution in [3.8, 4) is 0 Å². The zero-order valence-corrected chi connectivity index (χ0v) is 104. The summed E-state index contributed by atoms with van der Waals surface area (Å²) in [5.74, 6) is 13.7. The maximum atomic E-state index is 4.21. The minimum absolute atomic E-state index is 0.635. The third-order valence-corrected chi connectivity index (χ3v) is 26.0. The van der Waals surface area contributed by atoms with Crippen LogP contribution in [0, 0.1) is 107 Å². The summed E-state index contributed by atoms with van der Waals surface area (Å²) in [6, 6.07) is 0. The summed E-state index contributed by atoms with van der Waals surface area (Å²) in [7, 11) is 0. The molecule has 9 heterocycles. The van der Waals surface area contributed by atoms with Crippen LogP contribution in [0.15, 0.2) is 55.8 Å². The zero-order chi connectivity index (χ0) is 111. The van der Waals surface area contributed by atoms with E-state index < -0.39 is 0 Å². The Kier molecular flexibility index (Phi) is 80.9. The van der Waals surface area contributed by atoms with Crippen molar-refractivity contribution in [2.45, 2.75) is 571 Å². The Morgan fingerprint density at radius 1 is 0.161 bits per heavy atom. The second-order valence-electron chi connectivity index (χ2n) is 50.7. The van der Waals surface area contributed by atoms with Crippen LogP contribution in [0.2, 0.25) is 0 Å². The van der Waals surface area contributed by atoms with Gasteiger partial charge in [0.1, 0.15) is 0 Å². The lowest BCUT2D eigenvalue weighted by molar-refractivity contribution is 0.460. The van der Waals surface area contributed by atoms with Gasteiger partial charge in [-0.25, -0.2) is 23.4 Å². The molecule has 0 N–H and O–H groups in total. The number of hydrogen-bond donors (Lipinski definition) is 0. The standard InChI is InChI=1S/C15H29N3.3C14H27N3.5C13H25N3/c1-13(2)8-5-6-11-18-15(12-16-17-18)10-7-9-14(3)4;1-12(2)7-5-6-10-17-11-14(15-16-17)9-8-13(3)4;1-12(2)7-5-6-10-17-14(11-15-16-17)9-8-13(3)4;1-12(2)8-6-5-7-9-17-11-14(15-16-17)10-13(3)4;1-11(2)6-5-9-16-13(10-14-15-16)8-7-12(3)4;1-11(2)6-5-7-13-10-16(15-14-13)9-8-12(3)4;1-11(2)6-5-7-13-10-14-15-16(13)9-8-12(3)4;1-11(2)7-5-6-8-16-13(9-12(3)4)10-14-15-16;1-11(2)7-5-6-8-13-10-16(15-14-13)9-12(3)4/h12-14H,5-11H2,1-4H3;3*11-13H,5-10H2,1-4H3;5*10-12H,5-9H2,1-4H3. The van der Waals surface area contributed by atoms with E-state index in [0.717, 1.165) is 228 Å². The SMILES string of the molecule is CC(C)CCCCCn1cc(CC(C)C)nn1.CC(C)CCCCc1cn(CC(C)C)nn1.CC(C)CCCCn1cc(CCC(C)C)nn1.CC(C)CCCCn1nncc1CC(C)C.CC(C)CCCCn1nncc1CCC(C)C.CC(C)CCCCn1nncc1CCCC(C)C.CC(C)CCCc1cn(CCC(C)C)nn1.CC(C)CCCc1cnnn1CCC(C)C.CC(C)CCCn1nncc1CCC(C)C. The average molecular weight is 2080 g/mol. The molecule has 0 bridgehead atoms. The van der Waals surface area contributed by atoms with Gasteiger partial charge >= 0.3 is 0 Å². The molecule has 0 aliphatic heterocycles. The van der Waals surface area contributed by atoms with Crippen LogP contribution in [0.5, 0.6) is 0 Å². The molecule has 149 heavy (non-hydrogen) atoms. The molecule has 858 valence electrons. The van der Waals surface area contributed by atoms with E-state index in [1.54, 1.807) is 0 Å². The summed E-state index contributed by atoms with van der Waals surface area (Å²) in [4.78, 5) is 0. The first-order chi connectivity index (χ1) is 70.8. The Hall–Kier alpha value is -7.74. The summed E-state index contributed by atoms with van der Waals surface area (Å²) < 4.78 is 18.3. The summed E-state index contributed by atoms with van der Waals surface area (Å²) in [6.07, 6.45) is 68.1. The third kappa shape index (κ3) is 80.7. The Bertz CT molecular complexity index is 4360. The molecule has 0 aliphatic carbocycles. The fourth-order valence-electron chi connectivity index (χ4n) is 16.6. The van der Waals surface area contributed by atoms with Gasteiger partial charge in [0.25, 0.3) is 0 Å². The van der Waals surface area contributed by atoms with E-state index in [4.69, 9.17) is 0 Å². The first-order valence-electron chi connectivity index (χ1n) is 60.7. The number of aromatic nitrogens is 27. The summed E-state index contributed by atoms with van der Waals surface area (Å²) in [5.41, 5.74) is 11.0. The van der Waals surface area contributed by atoms with Crippen LogP contribution >= 0.6 is 0 Å². The number of unbranched alkanes of at least 4 members (excludes halogenated alkanes) is 7. The molecule has 0 saturated carbocycles. The van der Waals surface area contributed by atoms with Crippen LogP contribution < -0.4 is 0 Å². The van der Waals surface area contributed by atoms with Crippen molar-refractivity contribution in [1.29, 1.82) is 0 Å². The van der Waals surface area contributed by atoms with Crippen LogP contribution in [0.3, 0.4) is 0 Å². The second kappa shape index (κ2) is 86.6. The van der Waals surface area contributed by atoms with Crippen molar-refractivity contribution in [2.75, 3.05) is 0 Å². The van der Waals surface area contributed by atoms with E-state index in [9.17, 15) is 0 Å². The van der Waals surface area contributed by atoms with Gasteiger partial charge < -0.3 is 0 Å². The molecule has 9 aromatic heterocycles. The van der Waals surface area contributed by atoms with Crippen LogP contribution in [-0.4, -0.2) is 135 Å². The highest BCUT2D eigenvalue weighted by atomic mass is 15.5. The molecule has 0 aromatic carbocycles. The number of hydrogen-bond acceptors (Lipinski definition) is 18. The maximum absolute atomic E-state index is 4.21. The van der Waals surface area contributed by atoms with Gasteiger partial charge in [-0.05, 0) is 267 Å². The van der Waals surface area contributed by atoms with Crippen molar-refractivity contribution in [2.24, 2.45) is 107 Å².